The van der Waals surface area contributed by atoms with Gasteiger partial charge in [-0.2, -0.15) is 0 Å². The van der Waals surface area contributed by atoms with Crippen molar-refractivity contribution in [3.63, 3.8) is 0 Å². The number of carbonyl (C=O) groups is 2. The summed E-state index contributed by atoms with van der Waals surface area (Å²) in [4.78, 5) is 33.9. The molecule has 0 aliphatic rings. The number of nitrogens with zero attached hydrogens (tertiary/aromatic N) is 4. The average Bonchev–Trinajstić information content (AvgIpc) is 2.99. The number of rotatable bonds is 33. The van der Waals surface area contributed by atoms with E-state index < -0.39 is 0 Å². The van der Waals surface area contributed by atoms with Gasteiger partial charge in [0.2, 0.25) is 0 Å². The Kier molecular flexibility index (Phi) is 32.5. The maximum absolute atomic E-state index is 12.2. The van der Waals surface area contributed by atoms with Gasteiger partial charge in [0.1, 0.15) is 0 Å². The van der Waals surface area contributed by atoms with Crippen LogP contribution in [0.2, 0.25) is 10.6 Å². The van der Waals surface area contributed by atoms with Crippen LogP contribution in [0.5, 0.6) is 0 Å². The monoisotopic (exact) mass is 758 g/mol. The zero-order chi connectivity index (χ0) is 32.7. The predicted molar refractivity (Wildman–Crippen MR) is 191 cm³/mol. The summed E-state index contributed by atoms with van der Waals surface area (Å²) in [5.74, 6) is 0.331. The molecule has 10 nitrogen and oxygen atoms in total. The second-order valence-electron chi connectivity index (χ2n) is 11.8. The molecule has 0 aromatic carbocycles. The zero-order valence-electron chi connectivity index (χ0n) is 29.0. The van der Waals surface area contributed by atoms with Gasteiger partial charge in [-0.3, -0.25) is 0 Å². The summed E-state index contributed by atoms with van der Waals surface area (Å²) in [7, 11) is 4.28. The molecule has 2 amide bonds. The smallest absolute Gasteiger partial charge is 0.329 e. The molecule has 6 N–H and O–H groups in total. The van der Waals surface area contributed by atoms with Crippen molar-refractivity contribution >= 4 is 38.1 Å². The van der Waals surface area contributed by atoms with Crippen molar-refractivity contribution in [1.82, 2.24) is 30.2 Å². The molecule has 0 aliphatic carbocycles. The summed E-state index contributed by atoms with van der Waals surface area (Å²) in [5, 5.41) is 8.10. The van der Waals surface area contributed by atoms with E-state index in [4.69, 9.17) is 11.5 Å². The van der Waals surface area contributed by atoms with E-state index in [-0.39, 0.29) is 11.8 Å². The van der Waals surface area contributed by atoms with Crippen molar-refractivity contribution in [2.45, 2.75) is 88.7 Å². The van der Waals surface area contributed by atoms with Crippen LogP contribution in [0.25, 0.3) is 0 Å². The van der Waals surface area contributed by atoms with Gasteiger partial charge in [-0.25, -0.2) is 0 Å². The fraction of sp³-hybridized carbons (Fsp3) is 0.938. The summed E-state index contributed by atoms with van der Waals surface area (Å²) < 4.78 is 0. The molecule has 44 heavy (non-hydrogen) atoms. The van der Waals surface area contributed by atoms with E-state index in [9.17, 15) is 9.59 Å². The van der Waals surface area contributed by atoms with Crippen LogP contribution in [0.15, 0.2) is 0 Å². The normalized spacial score (nSPS) is 11.8. The van der Waals surface area contributed by atoms with Gasteiger partial charge in [0, 0.05) is 26.2 Å². The number of nitrogens with one attached hydrogen (secondary N) is 2. The van der Waals surface area contributed by atoms with Crippen LogP contribution >= 0.6 is 0 Å². The fourth-order valence-corrected chi connectivity index (χ4v) is 11.0. The standard InChI is InChI=1S/C32H70N8O2Se2/c1-5-19-39(25-15-33)23-11-7-9-21-37(3)27-17-35-31(41)13-29-43-44-30-14-32(42)36-18-28-38(4)22-10-8-12-24-40(20-6-2)26-16-34/h5-30,33-34H2,1-4H3,(H,35,41)(H,36,42). The van der Waals surface area contributed by atoms with Gasteiger partial charge >= 0.3 is 197 Å². The molecule has 0 aromatic rings. The summed E-state index contributed by atoms with van der Waals surface area (Å²) in [6.07, 6.45) is 10.9. The molecule has 262 valence electrons. The van der Waals surface area contributed by atoms with Gasteiger partial charge in [0.25, 0.3) is 0 Å². The van der Waals surface area contributed by atoms with E-state index >= 15 is 0 Å². The zero-order valence-corrected chi connectivity index (χ0v) is 32.4. The topological polar surface area (TPSA) is 123 Å². The second-order valence-corrected chi connectivity index (χ2v) is 19.7. The number of nitrogens with two attached hydrogens (primary N) is 2. The number of carbonyl (C=O) groups excluding carboxylic acids is 2. The molecular weight excluding hydrogens is 686 g/mol. The summed E-state index contributed by atoms with van der Waals surface area (Å²) in [6, 6.07) is 0. The van der Waals surface area contributed by atoms with Gasteiger partial charge in [0.05, 0.1) is 0 Å². The van der Waals surface area contributed by atoms with E-state index in [1.54, 1.807) is 0 Å². The van der Waals surface area contributed by atoms with Crippen LogP contribution in [-0.4, -0.2) is 163 Å². The van der Waals surface area contributed by atoms with Crippen molar-refractivity contribution in [3.8, 4) is 0 Å². The molecule has 0 fully saturated rings. The Morgan fingerprint density at radius 3 is 1.30 bits per heavy atom. The van der Waals surface area contributed by atoms with Crippen molar-refractivity contribution < 1.29 is 9.59 Å². The molecule has 0 saturated carbocycles. The number of hydrogen-bond acceptors (Lipinski definition) is 8. The number of likely N-dealkylation sites (N-methyl/N-ethyl adjacent to an activating group) is 2. The van der Waals surface area contributed by atoms with E-state index in [0.717, 1.165) is 102 Å². The van der Waals surface area contributed by atoms with Crippen LogP contribution < -0.4 is 22.1 Å². The molecule has 0 rings (SSSR count). The van der Waals surface area contributed by atoms with Crippen LogP contribution in [-0.2, 0) is 9.59 Å². The summed E-state index contributed by atoms with van der Waals surface area (Å²) in [6.45, 7) is 17.9. The summed E-state index contributed by atoms with van der Waals surface area (Å²) in [5.41, 5.74) is 11.4. The minimum absolute atomic E-state index is 0.166. The predicted octanol–water partition coefficient (Wildman–Crippen LogP) is 1.70. The fourth-order valence-electron chi connectivity index (χ4n) is 5.02. The Balaban J connectivity index is 3.61. The van der Waals surface area contributed by atoms with Gasteiger partial charge in [-0.05, 0) is 25.9 Å². The minimum atomic E-state index is 0.166. The molecular formula is C32H70N8O2Se2. The first-order chi connectivity index (χ1) is 21.4. The Bertz CT molecular complexity index is 600. The van der Waals surface area contributed by atoms with Crippen molar-refractivity contribution in [3.05, 3.63) is 0 Å². The Morgan fingerprint density at radius 1 is 0.545 bits per heavy atom. The van der Waals surface area contributed by atoms with Gasteiger partial charge in [-0.15, -0.1) is 0 Å². The molecule has 0 unspecified atom stereocenters. The molecule has 0 aliphatic heterocycles. The van der Waals surface area contributed by atoms with Gasteiger partial charge in [0.15, 0.2) is 0 Å². The molecule has 0 radical (unpaired) electrons. The van der Waals surface area contributed by atoms with Crippen LogP contribution in [0.4, 0.5) is 0 Å². The first-order valence-corrected chi connectivity index (χ1v) is 24.1. The molecule has 0 heterocycles. The maximum atomic E-state index is 12.2. The summed E-state index contributed by atoms with van der Waals surface area (Å²) >= 11 is 0.965. The van der Waals surface area contributed by atoms with E-state index in [0.29, 0.717) is 39.1 Å². The average molecular weight is 757 g/mol. The molecule has 0 aromatic heterocycles. The molecule has 0 spiro atoms. The SMILES string of the molecule is CCCN(CCN)CCCCCN(C)CCNC(=O)CC[Se][Se]CCC(=O)NCCN(C)CCCCCN(CCC)CCN. The second kappa shape index (κ2) is 32.7. The van der Waals surface area contributed by atoms with E-state index in [2.05, 4.69) is 58.2 Å². The third-order valence-electron chi connectivity index (χ3n) is 7.54. The van der Waals surface area contributed by atoms with Crippen molar-refractivity contribution in [2.75, 3.05) is 106 Å². The van der Waals surface area contributed by atoms with Crippen LogP contribution in [0.3, 0.4) is 0 Å². The molecule has 0 saturated heterocycles. The molecule has 0 atom stereocenters. The Morgan fingerprint density at radius 2 is 0.932 bits per heavy atom. The van der Waals surface area contributed by atoms with Gasteiger partial charge in [-0.1, -0.05) is 13.8 Å². The van der Waals surface area contributed by atoms with Crippen molar-refractivity contribution in [1.29, 1.82) is 0 Å². The third kappa shape index (κ3) is 29.2. The van der Waals surface area contributed by atoms with Gasteiger partial charge < -0.3 is 21.3 Å². The quantitative estimate of drug-likeness (QED) is 0.0591. The first-order valence-electron chi connectivity index (χ1n) is 17.4. The number of amides is 2. The molecule has 12 heteroatoms. The van der Waals surface area contributed by atoms with Crippen LogP contribution in [0.1, 0.15) is 78.1 Å². The van der Waals surface area contributed by atoms with E-state index in [1.807, 2.05) is 0 Å². The minimum Gasteiger partial charge on any atom is -0.329 e. The third-order valence-corrected chi connectivity index (χ3v) is 14.9. The van der Waals surface area contributed by atoms with Crippen molar-refractivity contribution in [2.24, 2.45) is 11.5 Å². The first kappa shape index (κ1) is 43.7. The Hall–Kier alpha value is -0.261. The molecule has 0 bridgehead atoms. The number of hydrogen-bond donors (Lipinski definition) is 4. The van der Waals surface area contributed by atoms with Crippen LogP contribution in [0, 0.1) is 0 Å². The van der Waals surface area contributed by atoms with E-state index in [1.165, 1.54) is 51.4 Å². The Labute approximate surface area is 282 Å². The number of unbranched alkanes of at least 4 members (excludes halogenated alkanes) is 4.